The van der Waals surface area contributed by atoms with Crippen LogP contribution in [0.4, 0.5) is 0 Å². The van der Waals surface area contributed by atoms with E-state index in [0.717, 1.165) is 24.8 Å². The summed E-state index contributed by atoms with van der Waals surface area (Å²) in [5.74, 6) is 0.408. The van der Waals surface area contributed by atoms with Crippen LogP contribution in [0.1, 0.15) is 46.5 Å². The number of methoxy groups -OCH3 is 1. The van der Waals surface area contributed by atoms with Gasteiger partial charge in [0.2, 0.25) is 0 Å². The number of carbonyl (C=O) groups is 2. The summed E-state index contributed by atoms with van der Waals surface area (Å²) >= 11 is 0. The minimum Gasteiger partial charge on any atom is -0.393 e. The highest BCUT2D eigenvalue weighted by atomic mass is 16.7. The fourth-order valence-electron chi connectivity index (χ4n) is 7.98. The molecule has 4 fully saturated rings. The Labute approximate surface area is 177 Å². The van der Waals surface area contributed by atoms with Crippen LogP contribution in [0.15, 0.2) is 23.8 Å². The van der Waals surface area contributed by atoms with E-state index in [4.69, 9.17) is 14.2 Å². The van der Waals surface area contributed by atoms with E-state index in [1.54, 1.807) is 12.2 Å². The van der Waals surface area contributed by atoms with Gasteiger partial charge >= 0.3 is 0 Å². The number of hydrogen-bond acceptors (Lipinski definition) is 6. The van der Waals surface area contributed by atoms with Crippen LogP contribution in [0.25, 0.3) is 0 Å². The molecule has 0 aromatic rings. The van der Waals surface area contributed by atoms with Crippen molar-refractivity contribution in [3.63, 3.8) is 0 Å². The van der Waals surface area contributed by atoms with E-state index in [1.165, 1.54) is 7.11 Å². The van der Waals surface area contributed by atoms with Crippen LogP contribution < -0.4 is 0 Å². The van der Waals surface area contributed by atoms with Gasteiger partial charge in [-0.15, -0.1) is 0 Å². The number of hydrogen-bond donors (Lipinski definition) is 1. The molecule has 1 heterocycles. The Morgan fingerprint density at radius 2 is 2.13 bits per heavy atom. The van der Waals surface area contributed by atoms with Crippen LogP contribution in [0.3, 0.4) is 0 Å². The van der Waals surface area contributed by atoms with E-state index < -0.39 is 23.4 Å². The standard InChI is InChI=1S/C24H32O6/c1-13-29-20-10-17-16-6-5-14-9-15(25)7-8-22(14,2)21(16)18(26)11-23(17,3)24(20,30-13)19(27)12-28-4/h7-9,13,16-18,20-21,26H,5-6,10-12H2,1-4H3. The first-order valence-electron chi connectivity index (χ1n) is 11.1. The van der Waals surface area contributed by atoms with Gasteiger partial charge in [0, 0.05) is 23.9 Å². The molecule has 6 heteroatoms. The monoisotopic (exact) mass is 416 g/mol. The highest BCUT2D eigenvalue weighted by Gasteiger charge is 2.75. The average Bonchev–Trinajstić information content (AvgIpc) is 3.13. The first-order valence-corrected chi connectivity index (χ1v) is 11.1. The van der Waals surface area contributed by atoms with Gasteiger partial charge in [-0.05, 0) is 56.6 Å². The Kier molecular flexibility index (Phi) is 4.51. The molecule has 1 N–H and O–H groups in total. The van der Waals surface area contributed by atoms with Crippen LogP contribution in [0.5, 0.6) is 0 Å². The lowest BCUT2D eigenvalue weighted by Crippen LogP contribution is -2.63. The summed E-state index contributed by atoms with van der Waals surface area (Å²) in [5.41, 5.74) is -0.796. The van der Waals surface area contributed by atoms with Gasteiger partial charge < -0.3 is 19.3 Å². The van der Waals surface area contributed by atoms with Crippen LogP contribution in [-0.4, -0.2) is 54.5 Å². The summed E-state index contributed by atoms with van der Waals surface area (Å²) in [7, 11) is 1.52. The maximum atomic E-state index is 13.4. The number of rotatable bonds is 3. The summed E-state index contributed by atoms with van der Waals surface area (Å²) in [6.07, 6.45) is 7.03. The molecule has 9 unspecified atom stereocenters. The van der Waals surface area contributed by atoms with Gasteiger partial charge in [-0.2, -0.15) is 0 Å². The van der Waals surface area contributed by atoms with Gasteiger partial charge in [0.1, 0.15) is 6.61 Å². The van der Waals surface area contributed by atoms with Crippen molar-refractivity contribution in [2.75, 3.05) is 13.7 Å². The molecule has 0 aromatic carbocycles. The Morgan fingerprint density at radius 1 is 1.37 bits per heavy atom. The van der Waals surface area contributed by atoms with Gasteiger partial charge in [-0.3, -0.25) is 9.59 Å². The fourth-order valence-corrected chi connectivity index (χ4v) is 7.98. The van der Waals surface area contributed by atoms with E-state index in [0.29, 0.717) is 6.42 Å². The SMILES string of the molecule is COCC(=O)C12OC(C)OC1CC1C3CCC4=CC(=O)C=CC4(C)C3C(O)CC12C. The third-order valence-electron chi connectivity index (χ3n) is 9.05. The molecule has 164 valence electrons. The molecule has 0 amide bonds. The summed E-state index contributed by atoms with van der Waals surface area (Å²) in [5, 5.41) is 11.5. The lowest BCUT2D eigenvalue weighted by molar-refractivity contribution is -0.197. The summed E-state index contributed by atoms with van der Waals surface area (Å²) < 4.78 is 17.6. The molecule has 5 aliphatic rings. The Bertz CT molecular complexity index is 847. The fraction of sp³-hybridized carbons (Fsp3) is 0.750. The zero-order chi connectivity index (χ0) is 21.5. The predicted octanol–water partition coefficient (Wildman–Crippen LogP) is 2.59. The first-order chi connectivity index (χ1) is 14.2. The maximum absolute atomic E-state index is 13.4. The van der Waals surface area contributed by atoms with Crippen molar-refractivity contribution in [3.05, 3.63) is 23.8 Å². The van der Waals surface area contributed by atoms with Gasteiger partial charge in [-0.25, -0.2) is 0 Å². The van der Waals surface area contributed by atoms with Crippen molar-refractivity contribution >= 4 is 11.6 Å². The van der Waals surface area contributed by atoms with Crippen molar-refractivity contribution in [2.45, 2.75) is 70.6 Å². The van der Waals surface area contributed by atoms with Gasteiger partial charge in [0.05, 0.1) is 12.2 Å². The zero-order valence-corrected chi connectivity index (χ0v) is 18.2. The van der Waals surface area contributed by atoms with Gasteiger partial charge in [-0.1, -0.05) is 25.5 Å². The van der Waals surface area contributed by atoms with E-state index in [9.17, 15) is 14.7 Å². The molecule has 9 atom stereocenters. The van der Waals surface area contributed by atoms with Crippen molar-refractivity contribution < 1.29 is 28.9 Å². The summed E-state index contributed by atoms with van der Waals surface area (Å²) in [4.78, 5) is 25.3. The second-order valence-electron chi connectivity index (χ2n) is 10.3. The number of aliphatic hydroxyl groups is 1. The van der Waals surface area contributed by atoms with Gasteiger partial charge in [0.15, 0.2) is 23.5 Å². The van der Waals surface area contributed by atoms with E-state index in [-0.39, 0.29) is 47.4 Å². The normalized spacial score (nSPS) is 51.6. The number of carbonyl (C=O) groups excluding carboxylic acids is 2. The Balaban J connectivity index is 1.57. The van der Waals surface area contributed by atoms with Crippen LogP contribution in [0, 0.1) is 28.6 Å². The molecule has 0 radical (unpaired) electrons. The molecule has 1 aliphatic heterocycles. The highest BCUT2D eigenvalue weighted by molar-refractivity contribution is 6.01. The number of fused-ring (bicyclic) bond motifs is 7. The molecule has 0 aromatic heterocycles. The molecule has 30 heavy (non-hydrogen) atoms. The smallest absolute Gasteiger partial charge is 0.193 e. The van der Waals surface area contributed by atoms with Gasteiger partial charge in [0.25, 0.3) is 0 Å². The molecule has 5 rings (SSSR count). The second-order valence-corrected chi connectivity index (χ2v) is 10.3. The summed E-state index contributed by atoms with van der Waals surface area (Å²) in [6.45, 7) is 6.08. The lowest BCUT2D eigenvalue weighted by atomic mass is 9.46. The molecule has 0 spiro atoms. The third-order valence-corrected chi connectivity index (χ3v) is 9.05. The Morgan fingerprint density at radius 3 is 2.87 bits per heavy atom. The Hall–Kier alpha value is -1.34. The number of ether oxygens (including phenoxy) is 3. The average molecular weight is 417 g/mol. The third kappa shape index (κ3) is 2.39. The quantitative estimate of drug-likeness (QED) is 0.762. The number of Topliss-reactive ketones (excluding diaryl/α,β-unsaturated/α-hetero) is 1. The molecule has 0 bridgehead atoms. The molecule has 3 saturated carbocycles. The van der Waals surface area contributed by atoms with Crippen LogP contribution >= 0.6 is 0 Å². The second kappa shape index (κ2) is 6.58. The molecular weight excluding hydrogens is 384 g/mol. The minimum atomic E-state index is -1.07. The van der Waals surface area contributed by atoms with E-state index >= 15 is 0 Å². The van der Waals surface area contributed by atoms with E-state index in [2.05, 4.69) is 13.8 Å². The molecule has 4 aliphatic carbocycles. The zero-order valence-electron chi connectivity index (χ0n) is 18.2. The lowest BCUT2D eigenvalue weighted by Gasteiger charge is -2.59. The van der Waals surface area contributed by atoms with Crippen LogP contribution in [0.2, 0.25) is 0 Å². The number of ketones is 2. The van der Waals surface area contributed by atoms with Crippen LogP contribution in [-0.2, 0) is 23.8 Å². The van der Waals surface area contributed by atoms with E-state index in [1.807, 2.05) is 13.0 Å². The number of aliphatic hydroxyl groups excluding tert-OH is 1. The molecule has 1 saturated heterocycles. The largest absolute Gasteiger partial charge is 0.393 e. The maximum Gasteiger partial charge on any atom is 0.193 e. The topological polar surface area (TPSA) is 82.1 Å². The molecule has 6 nitrogen and oxygen atoms in total. The molecular formula is C24H32O6. The minimum absolute atomic E-state index is 0.0192. The summed E-state index contributed by atoms with van der Waals surface area (Å²) in [6, 6.07) is 0. The van der Waals surface area contributed by atoms with Crippen molar-refractivity contribution in [1.29, 1.82) is 0 Å². The highest BCUT2D eigenvalue weighted by Crippen LogP contribution is 2.69. The number of allylic oxidation sites excluding steroid dienone is 4. The van der Waals surface area contributed by atoms with Crippen molar-refractivity contribution in [3.8, 4) is 0 Å². The predicted molar refractivity (Wildman–Crippen MR) is 108 cm³/mol. The first kappa shape index (κ1) is 20.6. The van der Waals surface area contributed by atoms with Crippen molar-refractivity contribution in [1.82, 2.24) is 0 Å². The van der Waals surface area contributed by atoms with Crippen molar-refractivity contribution in [2.24, 2.45) is 28.6 Å².